The third-order valence-corrected chi connectivity index (χ3v) is 4.22. The Bertz CT molecular complexity index is 603. The molecule has 0 aromatic heterocycles. The van der Waals surface area contributed by atoms with Crippen LogP contribution in [0.1, 0.15) is 28.7 Å². The van der Waals surface area contributed by atoms with Crippen molar-refractivity contribution in [1.29, 1.82) is 0 Å². The number of halogens is 2. The molecule has 0 aliphatic rings. The summed E-state index contributed by atoms with van der Waals surface area (Å²) in [5.74, 6) is -0.642. The van der Waals surface area contributed by atoms with Gasteiger partial charge in [0.25, 0.3) is 0 Å². The quantitative estimate of drug-likeness (QED) is 0.893. The van der Waals surface area contributed by atoms with E-state index in [-0.39, 0.29) is 18.3 Å². The first-order valence-corrected chi connectivity index (χ1v) is 7.22. The van der Waals surface area contributed by atoms with Crippen molar-refractivity contribution in [2.24, 2.45) is 5.73 Å². The number of rotatable bonds is 4. The Kier molecular flexibility index (Phi) is 4.91. The summed E-state index contributed by atoms with van der Waals surface area (Å²) in [6.45, 7) is 2.26. The summed E-state index contributed by atoms with van der Waals surface area (Å²) in [7, 11) is 0. The minimum atomic E-state index is -0.855. The average molecular weight is 338 g/mol. The fourth-order valence-corrected chi connectivity index (χ4v) is 2.87. The number of nitrogens with two attached hydrogens (primary N) is 1. The molecule has 3 N–H and O–H groups in total. The van der Waals surface area contributed by atoms with Crippen molar-refractivity contribution in [1.82, 2.24) is 0 Å². The molecule has 0 radical (unpaired) electrons. The van der Waals surface area contributed by atoms with E-state index in [4.69, 9.17) is 5.73 Å². The number of benzene rings is 2. The molecule has 20 heavy (non-hydrogen) atoms. The predicted molar refractivity (Wildman–Crippen MR) is 82.0 cm³/mol. The maximum absolute atomic E-state index is 13.4. The van der Waals surface area contributed by atoms with Gasteiger partial charge in [-0.25, -0.2) is 4.39 Å². The van der Waals surface area contributed by atoms with E-state index < -0.39 is 6.10 Å². The fraction of sp³-hybridized carbons (Fsp3) is 0.250. The van der Waals surface area contributed by atoms with Crippen molar-refractivity contribution in [3.8, 4) is 0 Å². The Morgan fingerprint density at radius 3 is 2.55 bits per heavy atom. The molecular weight excluding hydrogens is 321 g/mol. The van der Waals surface area contributed by atoms with Crippen molar-refractivity contribution in [3.63, 3.8) is 0 Å². The second-order valence-corrected chi connectivity index (χ2v) is 5.66. The molecule has 0 heterocycles. The normalized spacial score (nSPS) is 14.1. The zero-order chi connectivity index (χ0) is 14.7. The number of hydrogen-bond donors (Lipinski definition) is 2. The van der Waals surface area contributed by atoms with Crippen molar-refractivity contribution in [3.05, 3.63) is 69.4 Å². The van der Waals surface area contributed by atoms with E-state index in [2.05, 4.69) is 15.9 Å². The SMILES string of the molecule is Cc1ccccc1C(CN)C(O)c1cc(F)ccc1Br. The van der Waals surface area contributed by atoms with Gasteiger partial charge in [-0.15, -0.1) is 0 Å². The fourth-order valence-electron chi connectivity index (χ4n) is 2.39. The number of aryl methyl sites for hydroxylation is 1. The molecule has 2 nitrogen and oxygen atoms in total. The molecule has 0 fully saturated rings. The lowest BCUT2D eigenvalue weighted by atomic mass is 9.87. The van der Waals surface area contributed by atoms with E-state index in [0.717, 1.165) is 11.1 Å². The summed E-state index contributed by atoms with van der Waals surface area (Å²) in [5, 5.41) is 10.6. The summed E-state index contributed by atoms with van der Waals surface area (Å²) >= 11 is 3.35. The molecule has 2 aromatic rings. The molecule has 0 aliphatic heterocycles. The highest BCUT2D eigenvalue weighted by Gasteiger charge is 2.24. The van der Waals surface area contributed by atoms with E-state index in [9.17, 15) is 9.50 Å². The van der Waals surface area contributed by atoms with Crippen LogP contribution in [0.25, 0.3) is 0 Å². The summed E-state index contributed by atoms with van der Waals surface area (Å²) in [6, 6.07) is 12.1. The van der Waals surface area contributed by atoms with Crippen LogP contribution in [0.3, 0.4) is 0 Å². The zero-order valence-electron chi connectivity index (χ0n) is 11.2. The number of aliphatic hydroxyl groups is 1. The third-order valence-electron chi connectivity index (χ3n) is 3.50. The molecular formula is C16H17BrFNO. The standard InChI is InChI=1S/C16H17BrFNO/c1-10-4-2-3-5-12(10)14(9-19)16(20)13-8-11(18)6-7-15(13)17/h2-8,14,16,20H,9,19H2,1H3. The van der Waals surface area contributed by atoms with Gasteiger partial charge in [-0.05, 0) is 41.8 Å². The maximum Gasteiger partial charge on any atom is 0.123 e. The summed E-state index contributed by atoms with van der Waals surface area (Å²) in [4.78, 5) is 0. The molecule has 0 saturated carbocycles. The molecule has 2 rings (SSSR count). The highest BCUT2D eigenvalue weighted by molar-refractivity contribution is 9.10. The topological polar surface area (TPSA) is 46.2 Å². The Labute approximate surface area is 126 Å². The van der Waals surface area contributed by atoms with Gasteiger partial charge in [-0.1, -0.05) is 40.2 Å². The van der Waals surface area contributed by atoms with Crippen molar-refractivity contribution < 1.29 is 9.50 Å². The molecule has 0 saturated heterocycles. The lowest BCUT2D eigenvalue weighted by Gasteiger charge is -2.24. The second kappa shape index (κ2) is 6.48. The van der Waals surface area contributed by atoms with Gasteiger partial charge >= 0.3 is 0 Å². The van der Waals surface area contributed by atoms with Crippen LogP contribution in [0.4, 0.5) is 4.39 Å². The maximum atomic E-state index is 13.4. The van der Waals surface area contributed by atoms with Crippen LogP contribution < -0.4 is 5.73 Å². The molecule has 0 amide bonds. The minimum absolute atomic E-state index is 0.269. The monoisotopic (exact) mass is 337 g/mol. The van der Waals surface area contributed by atoms with E-state index >= 15 is 0 Å². The Morgan fingerprint density at radius 2 is 1.90 bits per heavy atom. The Balaban J connectivity index is 2.41. The lowest BCUT2D eigenvalue weighted by molar-refractivity contribution is 0.146. The number of hydrogen-bond acceptors (Lipinski definition) is 2. The van der Waals surface area contributed by atoms with Crippen LogP contribution in [0.15, 0.2) is 46.9 Å². The van der Waals surface area contributed by atoms with E-state index in [0.29, 0.717) is 10.0 Å². The van der Waals surface area contributed by atoms with Crippen LogP contribution in [-0.2, 0) is 0 Å². The largest absolute Gasteiger partial charge is 0.388 e. The van der Waals surface area contributed by atoms with Gasteiger partial charge in [0.2, 0.25) is 0 Å². The van der Waals surface area contributed by atoms with Crippen LogP contribution >= 0.6 is 15.9 Å². The van der Waals surface area contributed by atoms with Crippen LogP contribution in [-0.4, -0.2) is 11.7 Å². The van der Waals surface area contributed by atoms with Crippen LogP contribution in [0.5, 0.6) is 0 Å². The highest BCUT2D eigenvalue weighted by atomic mass is 79.9. The van der Waals surface area contributed by atoms with E-state index in [1.54, 1.807) is 6.07 Å². The molecule has 2 aromatic carbocycles. The smallest absolute Gasteiger partial charge is 0.123 e. The molecule has 2 atom stereocenters. The van der Waals surface area contributed by atoms with Gasteiger partial charge in [0, 0.05) is 16.9 Å². The molecule has 106 valence electrons. The average Bonchev–Trinajstić information content (AvgIpc) is 2.44. The first kappa shape index (κ1) is 15.2. The molecule has 4 heteroatoms. The first-order chi connectivity index (χ1) is 9.54. The number of aliphatic hydroxyl groups excluding tert-OH is 1. The van der Waals surface area contributed by atoms with E-state index in [1.165, 1.54) is 12.1 Å². The van der Waals surface area contributed by atoms with E-state index in [1.807, 2.05) is 31.2 Å². The predicted octanol–water partition coefficient (Wildman–Crippen LogP) is 3.67. The van der Waals surface area contributed by atoms with Gasteiger partial charge in [0.05, 0.1) is 6.10 Å². The minimum Gasteiger partial charge on any atom is -0.388 e. The van der Waals surface area contributed by atoms with Crippen molar-refractivity contribution in [2.75, 3.05) is 6.54 Å². The van der Waals surface area contributed by atoms with Gasteiger partial charge in [-0.3, -0.25) is 0 Å². The van der Waals surface area contributed by atoms with Gasteiger partial charge in [0.15, 0.2) is 0 Å². The summed E-state index contributed by atoms with van der Waals surface area (Å²) in [6.07, 6.45) is -0.855. The lowest BCUT2D eigenvalue weighted by Crippen LogP contribution is -2.21. The summed E-state index contributed by atoms with van der Waals surface area (Å²) < 4.78 is 14.1. The van der Waals surface area contributed by atoms with Crippen LogP contribution in [0.2, 0.25) is 0 Å². The Morgan fingerprint density at radius 1 is 1.20 bits per heavy atom. The molecule has 0 bridgehead atoms. The second-order valence-electron chi connectivity index (χ2n) is 4.81. The van der Waals surface area contributed by atoms with Crippen LogP contribution in [0, 0.1) is 12.7 Å². The highest BCUT2D eigenvalue weighted by Crippen LogP contribution is 2.35. The molecule has 0 aliphatic carbocycles. The third kappa shape index (κ3) is 3.08. The molecule has 2 unspecified atom stereocenters. The van der Waals surface area contributed by atoms with Crippen molar-refractivity contribution in [2.45, 2.75) is 18.9 Å². The molecule has 0 spiro atoms. The van der Waals surface area contributed by atoms with Gasteiger partial charge in [0.1, 0.15) is 5.82 Å². The first-order valence-electron chi connectivity index (χ1n) is 6.43. The van der Waals surface area contributed by atoms with Gasteiger partial charge in [-0.2, -0.15) is 0 Å². The van der Waals surface area contributed by atoms with Gasteiger partial charge < -0.3 is 10.8 Å². The van der Waals surface area contributed by atoms with Crippen molar-refractivity contribution >= 4 is 15.9 Å². The Hall–Kier alpha value is -1.23. The summed E-state index contributed by atoms with van der Waals surface area (Å²) in [5.41, 5.74) is 8.40. The zero-order valence-corrected chi connectivity index (χ0v) is 12.8.